The first kappa shape index (κ1) is 29.1. The summed E-state index contributed by atoms with van der Waals surface area (Å²) >= 11 is 12.6. The molecule has 2 aromatic carbocycles. The highest BCUT2D eigenvalue weighted by Crippen LogP contribution is 2.30. The van der Waals surface area contributed by atoms with Crippen LogP contribution in [-0.2, 0) is 23.9 Å². The topological polar surface area (TPSA) is 154 Å². The summed E-state index contributed by atoms with van der Waals surface area (Å²) in [5.74, 6) is -3.40. The minimum Gasteiger partial charge on any atom is -0.478 e. The molecule has 194 valence electrons. The fourth-order valence-electron chi connectivity index (χ4n) is 3.06. The number of hydrogen-bond donors (Lipinski definition) is 4. The molecule has 10 nitrogen and oxygen atoms in total. The van der Waals surface area contributed by atoms with Gasteiger partial charge in [-0.25, -0.2) is 14.4 Å². The second-order valence-corrected chi connectivity index (χ2v) is 8.26. The number of fused-ring (bicyclic) bond motifs is 1. The maximum absolute atomic E-state index is 12.2. The van der Waals surface area contributed by atoms with Crippen molar-refractivity contribution in [3.05, 3.63) is 87.6 Å². The van der Waals surface area contributed by atoms with E-state index in [-0.39, 0.29) is 12.5 Å². The van der Waals surface area contributed by atoms with E-state index in [1.807, 2.05) is 24.3 Å². The van der Waals surface area contributed by atoms with E-state index in [1.54, 1.807) is 25.1 Å². The van der Waals surface area contributed by atoms with Gasteiger partial charge >= 0.3 is 17.9 Å². The number of ether oxygens (including phenoxy) is 1. The number of benzodiazepines with no additional fused rings is 1. The normalized spacial score (nSPS) is 14.2. The monoisotopic (exact) mass is 547 g/mol. The Bertz CT molecular complexity index is 1270. The van der Waals surface area contributed by atoms with Crippen LogP contribution in [0.15, 0.2) is 71.4 Å². The molecule has 0 radical (unpaired) electrons. The second-order valence-electron chi connectivity index (χ2n) is 7.42. The minimum absolute atomic E-state index is 0.205. The summed E-state index contributed by atoms with van der Waals surface area (Å²) in [6, 6.07) is 12.8. The molecular formula is C25H23Cl2N3O7. The lowest BCUT2D eigenvalue weighted by Crippen LogP contribution is -2.34. The van der Waals surface area contributed by atoms with Gasteiger partial charge in [0.1, 0.15) is 0 Å². The molecule has 0 saturated carbocycles. The van der Waals surface area contributed by atoms with Gasteiger partial charge in [0, 0.05) is 57.7 Å². The number of carboxylic acid groups (broad SMARTS) is 2. The number of carbonyl (C=O) groups excluding carboxylic acids is 2. The van der Waals surface area contributed by atoms with Gasteiger partial charge in [0.25, 0.3) is 0 Å². The Labute approximate surface area is 222 Å². The lowest BCUT2D eigenvalue weighted by molar-refractivity contribution is -0.145. The van der Waals surface area contributed by atoms with Crippen molar-refractivity contribution >= 4 is 58.4 Å². The third kappa shape index (κ3) is 9.79. The number of esters is 1. The molecule has 3 rings (SSSR count). The molecule has 1 unspecified atom stereocenters. The number of halogens is 2. The van der Waals surface area contributed by atoms with E-state index in [0.29, 0.717) is 33.6 Å². The van der Waals surface area contributed by atoms with Gasteiger partial charge in [-0.3, -0.25) is 9.79 Å². The Morgan fingerprint density at radius 3 is 2.30 bits per heavy atom. The fraction of sp³-hybridized carbons (Fsp3) is 0.160. The molecule has 2 aromatic rings. The molecule has 0 aromatic heterocycles. The summed E-state index contributed by atoms with van der Waals surface area (Å²) in [5.41, 5.74) is 3.48. The number of carbonyl (C=O) groups is 4. The van der Waals surface area contributed by atoms with Crippen LogP contribution in [0.25, 0.3) is 0 Å². The second kappa shape index (κ2) is 13.8. The number of amides is 1. The number of rotatable bonds is 6. The van der Waals surface area contributed by atoms with Crippen LogP contribution in [-0.4, -0.2) is 52.5 Å². The van der Waals surface area contributed by atoms with Gasteiger partial charge in [-0.1, -0.05) is 41.4 Å². The molecule has 0 saturated heterocycles. The number of hydrogen-bond acceptors (Lipinski definition) is 7. The summed E-state index contributed by atoms with van der Waals surface area (Å²) in [6.07, 6.45) is 1.69. The zero-order valence-electron chi connectivity index (χ0n) is 19.7. The third-order valence-electron chi connectivity index (χ3n) is 4.43. The zero-order valence-corrected chi connectivity index (χ0v) is 21.2. The van der Waals surface area contributed by atoms with Crippen molar-refractivity contribution in [1.82, 2.24) is 5.32 Å². The molecule has 0 spiro atoms. The number of aliphatic carboxylic acids is 2. The Morgan fingerprint density at radius 1 is 1.05 bits per heavy atom. The van der Waals surface area contributed by atoms with E-state index in [2.05, 4.69) is 15.6 Å². The van der Waals surface area contributed by atoms with E-state index >= 15 is 0 Å². The van der Waals surface area contributed by atoms with E-state index in [4.69, 9.17) is 38.2 Å². The van der Waals surface area contributed by atoms with Crippen molar-refractivity contribution in [2.45, 2.75) is 20.1 Å². The van der Waals surface area contributed by atoms with Crippen molar-refractivity contribution in [3.8, 4) is 0 Å². The average Bonchev–Trinajstić information content (AvgIpc) is 2.96. The lowest BCUT2D eigenvalue weighted by Gasteiger charge is -2.14. The van der Waals surface area contributed by atoms with E-state index in [0.717, 1.165) is 16.8 Å². The maximum atomic E-state index is 12.2. The van der Waals surface area contributed by atoms with E-state index in [1.165, 1.54) is 13.0 Å². The number of anilines is 1. The largest absolute Gasteiger partial charge is 0.478 e. The van der Waals surface area contributed by atoms with Crippen LogP contribution in [0.5, 0.6) is 0 Å². The predicted octanol–water partition coefficient (Wildman–Crippen LogP) is 3.88. The highest BCUT2D eigenvalue weighted by atomic mass is 35.5. The van der Waals surface area contributed by atoms with Crippen LogP contribution in [0, 0.1) is 0 Å². The van der Waals surface area contributed by atoms with Gasteiger partial charge in [-0.15, -0.1) is 0 Å². The van der Waals surface area contributed by atoms with Crippen molar-refractivity contribution in [3.63, 3.8) is 0 Å². The Morgan fingerprint density at radius 2 is 1.70 bits per heavy atom. The molecule has 0 aliphatic carbocycles. The van der Waals surface area contributed by atoms with E-state index in [9.17, 15) is 19.2 Å². The molecule has 0 bridgehead atoms. The van der Waals surface area contributed by atoms with Gasteiger partial charge in [-0.2, -0.15) is 0 Å². The molecule has 1 heterocycles. The lowest BCUT2D eigenvalue weighted by atomic mass is 10.0. The number of benzene rings is 2. The molecular weight excluding hydrogens is 525 g/mol. The Kier molecular flexibility index (Phi) is 10.9. The first-order valence-electron chi connectivity index (χ1n) is 10.6. The van der Waals surface area contributed by atoms with Crippen molar-refractivity contribution < 1.29 is 34.1 Å². The molecule has 1 aliphatic heterocycles. The summed E-state index contributed by atoms with van der Waals surface area (Å²) in [4.78, 5) is 47.0. The molecule has 1 aliphatic rings. The highest BCUT2D eigenvalue weighted by Gasteiger charge is 2.20. The average molecular weight is 548 g/mol. The number of nitrogens with one attached hydrogen (secondary N) is 2. The SMILES string of the molecule is CC(=O)NC(C)OC(=O)C=C1CN=C(c2ccccc2Cl)c2cc(Cl)ccc2N1.O=C(O)C=CC(=O)O. The summed E-state index contributed by atoms with van der Waals surface area (Å²) in [7, 11) is 0. The highest BCUT2D eigenvalue weighted by molar-refractivity contribution is 6.36. The zero-order chi connectivity index (χ0) is 27.5. The van der Waals surface area contributed by atoms with E-state index < -0.39 is 24.1 Å². The van der Waals surface area contributed by atoms with Gasteiger partial charge in [-0.05, 0) is 31.2 Å². The number of carboxylic acids is 2. The minimum atomic E-state index is -1.26. The van der Waals surface area contributed by atoms with Crippen LogP contribution in [0.2, 0.25) is 10.0 Å². The molecule has 12 heteroatoms. The van der Waals surface area contributed by atoms with Crippen LogP contribution in [0.1, 0.15) is 25.0 Å². The fourth-order valence-corrected chi connectivity index (χ4v) is 3.45. The maximum Gasteiger partial charge on any atom is 0.334 e. The van der Waals surface area contributed by atoms with Gasteiger partial charge in [0.15, 0.2) is 6.23 Å². The van der Waals surface area contributed by atoms with Gasteiger partial charge < -0.3 is 25.6 Å². The smallest absolute Gasteiger partial charge is 0.334 e. The summed E-state index contributed by atoms with van der Waals surface area (Å²) < 4.78 is 5.16. The predicted molar refractivity (Wildman–Crippen MR) is 139 cm³/mol. The van der Waals surface area contributed by atoms with Crippen LogP contribution >= 0.6 is 23.2 Å². The Hall–Kier alpha value is -4.15. The van der Waals surface area contributed by atoms with Crippen molar-refractivity contribution in [2.24, 2.45) is 4.99 Å². The molecule has 37 heavy (non-hydrogen) atoms. The Balaban J connectivity index is 0.000000521. The van der Waals surface area contributed by atoms with Crippen molar-refractivity contribution in [2.75, 3.05) is 11.9 Å². The van der Waals surface area contributed by atoms with Crippen LogP contribution in [0.4, 0.5) is 5.69 Å². The first-order chi connectivity index (χ1) is 17.5. The summed E-state index contributed by atoms with van der Waals surface area (Å²) in [6.45, 7) is 3.13. The first-order valence-corrected chi connectivity index (χ1v) is 11.4. The molecule has 4 N–H and O–H groups in total. The van der Waals surface area contributed by atoms with Crippen LogP contribution in [0.3, 0.4) is 0 Å². The van der Waals surface area contributed by atoms with Gasteiger partial charge in [0.05, 0.1) is 12.3 Å². The molecule has 0 fully saturated rings. The van der Waals surface area contributed by atoms with Crippen molar-refractivity contribution in [1.29, 1.82) is 0 Å². The third-order valence-corrected chi connectivity index (χ3v) is 4.99. The standard InChI is InChI=1S/C21H19Cl2N3O3.C4H4O4/c1-12(27)25-13(2)29-20(28)10-15-11-24-21(16-5-3-4-6-18(16)23)17-9-14(22)7-8-19(17)26-15;5-3(6)1-2-4(7)8/h3-10,13,26H,11H2,1-2H3,(H,25,27);1-2H,(H,5,6)(H,7,8). The molecule has 1 amide bonds. The quantitative estimate of drug-likeness (QED) is 0.241. The molecule has 1 atom stereocenters. The summed E-state index contributed by atoms with van der Waals surface area (Å²) in [5, 5.41) is 22.4. The number of aliphatic imine (C=N–C) groups is 1. The van der Waals surface area contributed by atoms with Crippen LogP contribution < -0.4 is 10.6 Å². The number of nitrogens with zero attached hydrogens (tertiary/aromatic N) is 1. The van der Waals surface area contributed by atoms with Gasteiger partial charge in [0.2, 0.25) is 5.91 Å².